The highest BCUT2D eigenvalue weighted by atomic mass is 16.5. The lowest BCUT2D eigenvalue weighted by Crippen LogP contribution is -2.52. The number of aromatic nitrogens is 2. The van der Waals surface area contributed by atoms with E-state index in [-0.39, 0.29) is 12.5 Å². The quantitative estimate of drug-likeness (QED) is 0.589. The lowest BCUT2D eigenvalue weighted by molar-refractivity contribution is -0.160. The molecule has 2 heterocycles. The van der Waals surface area contributed by atoms with Crippen LogP contribution < -0.4 is 0 Å². The second-order valence-corrected chi connectivity index (χ2v) is 4.74. The average Bonchev–Trinajstić information content (AvgIpc) is 2.92. The highest BCUT2D eigenvalue weighted by Gasteiger charge is 2.29. The lowest BCUT2D eigenvalue weighted by atomic mass is 10.2. The zero-order chi connectivity index (χ0) is 15.4. The molecule has 1 saturated heterocycles. The molecule has 1 N–H and O–H groups in total. The summed E-state index contributed by atoms with van der Waals surface area (Å²) >= 11 is 0. The summed E-state index contributed by atoms with van der Waals surface area (Å²) in [6.07, 6.45) is 0. The number of H-pyrrole nitrogens is 1. The van der Waals surface area contributed by atoms with Gasteiger partial charge in [0.2, 0.25) is 0 Å². The van der Waals surface area contributed by atoms with Gasteiger partial charge in [-0.25, -0.2) is 4.79 Å². The van der Waals surface area contributed by atoms with Gasteiger partial charge in [-0.2, -0.15) is 5.10 Å². The van der Waals surface area contributed by atoms with Crippen molar-refractivity contribution in [3.05, 3.63) is 17.5 Å². The Labute approximate surface area is 122 Å². The number of ether oxygens (including phenoxy) is 1. The number of nitrogens with zero attached hydrogens (tertiary/aromatic N) is 3. The van der Waals surface area contributed by atoms with Crippen molar-refractivity contribution in [2.45, 2.75) is 13.8 Å². The van der Waals surface area contributed by atoms with Crippen LogP contribution in [-0.4, -0.2) is 70.6 Å². The van der Waals surface area contributed by atoms with Crippen molar-refractivity contribution in [2.75, 3.05) is 32.8 Å². The number of aromatic amines is 1. The van der Waals surface area contributed by atoms with Crippen molar-refractivity contribution < 1.29 is 19.1 Å². The van der Waals surface area contributed by atoms with E-state index in [0.29, 0.717) is 31.9 Å². The van der Waals surface area contributed by atoms with Gasteiger partial charge in [0.1, 0.15) is 5.69 Å². The molecular weight excluding hydrogens is 276 g/mol. The SMILES string of the molecule is CCOC(=O)C(=O)N1CCN(C(=O)c2cc(C)[nH]n2)CC1. The Balaban J connectivity index is 1.90. The van der Waals surface area contributed by atoms with E-state index in [1.165, 1.54) is 4.90 Å². The fourth-order valence-corrected chi connectivity index (χ4v) is 2.12. The van der Waals surface area contributed by atoms with Crippen molar-refractivity contribution in [3.63, 3.8) is 0 Å². The zero-order valence-corrected chi connectivity index (χ0v) is 12.1. The van der Waals surface area contributed by atoms with E-state index < -0.39 is 11.9 Å². The maximum atomic E-state index is 12.2. The summed E-state index contributed by atoms with van der Waals surface area (Å²) in [5.41, 5.74) is 1.17. The molecule has 8 nitrogen and oxygen atoms in total. The number of hydrogen-bond donors (Lipinski definition) is 1. The molecule has 1 aliphatic rings. The number of hydrogen-bond acceptors (Lipinski definition) is 5. The minimum atomic E-state index is -0.847. The summed E-state index contributed by atoms with van der Waals surface area (Å²) in [7, 11) is 0. The number of amides is 2. The van der Waals surface area contributed by atoms with Crippen LogP contribution in [0.1, 0.15) is 23.1 Å². The van der Waals surface area contributed by atoms with Crippen molar-refractivity contribution in [3.8, 4) is 0 Å². The first-order valence-electron chi connectivity index (χ1n) is 6.80. The molecule has 1 aliphatic heterocycles. The van der Waals surface area contributed by atoms with Crippen LogP contribution >= 0.6 is 0 Å². The molecule has 0 unspecified atom stereocenters. The van der Waals surface area contributed by atoms with E-state index >= 15 is 0 Å². The fraction of sp³-hybridized carbons (Fsp3) is 0.538. The predicted molar refractivity (Wildman–Crippen MR) is 72.4 cm³/mol. The van der Waals surface area contributed by atoms with Crippen molar-refractivity contribution in [1.29, 1.82) is 0 Å². The van der Waals surface area contributed by atoms with Crippen LogP contribution in [0, 0.1) is 6.92 Å². The van der Waals surface area contributed by atoms with Crippen LogP contribution in [0.5, 0.6) is 0 Å². The second-order valence-electron chi connectivity index (χ2n) is 4.74. The summed E-state index contributed by atoms with van der Waals surface area (Å²) in [6.45, 7) is 5.00. The van der Waals surface area contributed by atoms with E-state index in [4.69, 9.17) is 0 Å². The number of carbonyl (C=O) groups is 3. The molecule has 1 fully saturated rings. The summed E-state index contributed by atoms with van der Waals surface area (Å²) in [5, 5.41) is 6.65. The number of piperazine rings is 1. The number of esters is 1. The first-order chi connectivity index (χ1) is 10.0. The van der Waals surface area contributed by atoms with Gasteiger partial charge in [0.15, 0.2) is 0 Å². The highest BCUT2D eigenvalue weighted by Crippen LogP contribution is 2.08. The predicted octanol–water partition coefficient (Wildman–Crippen LogP) is -0.434. The molecule has 114 valence electrons. The van der Waals surface area contributed by atoms with Crippen molar-refractivity contribution in [1.82, 2.24) is 20.0 Å². The topological polar surface area (TPSA) is 95.6 Å². The maximum Gasteiger partial charge on any atom is 0.397 e. The van der Waals surface area contributed by atoms with Gasteiger partial charge in [0, 0.05) is 31.9 Å². The van der Waals surface area contributed by atoms with Crippen molar-refractivity contribution >= 4 is 17.8 Å². The molecule has 0 radical (unpaired) electrons. The van der Waals surface area contributed by atoms with Gasteiger partial charge in [0.25, 0.3) is 5.91 Å². The normalized spacial score (nSPS) is 15.0. The molecule has 1 aromatic heterocycles. The summed E-state index contributed by atoms with van der Waals surface area (Å²) in [6, 6.07) is 1.68. The Hall–Kier alpha value is -2.38. The summed E-state index contributed by atoms with van der Waals surface area (Å²) < 4.78 is 4.68. The van der Waals surface area contributed by atoms with Crippen LogP contribution in [-0.2, 0) is 14.3 Å². The number of aryl methyl sites for hydroxylation is 1. The molecule has 0 aromatic carbocycles. The van der Waals surface area contributed by atoms with E-state index in [1.54, 1.807) is 17.9 Å². The smallest absolute Gasteiger partial charge is 0.397 e. The molecule has 0 bridgehead atoms. The average molecular weight is 294 g/mol. The fourth-order valence-electron chi connectivity index (χ4n) is 2.12. The number of rotatable bonds is 2. The van der Waals surface area contributed by atoms with Gasteiger partial charge in [0.05, 0.1) is 6.61 Å². The van der Waals surface area contributed by atoms with Crippen molar-refractivity contribution in [2.24, 2.45) is 0 Å². The molecule has 21 heavy (non-hydrogen) atoms. The third-order valence-electron chi connectivity index (χ3n) is 3.23. The number of carbonyl (C=O) groups excluding carboxylic acids is 3. The maximum absolute atomic E-state index is 12.2. The van der Waals surface area contributed by atoms with E-state index in [1.807, 2.05) is 6.92 Å². The lowest BCUT2D eigenvalue weighted by Gasteiger charge is -2.33. The molecule has 0 aliphatic carbocycles. The monoisotopic (exact) mass is 294 g/mol. The first-order valence-corrected chi connectivity index (χ1v) is 6.80. The van der Waals surface area contributed by atoms with Gasteiger partial charge in [-0.3, -0.25) is 14.7 Å². The molecule has 0 spiro atoms. The Kier molecular flexibility index (Phi) is 4.56. The van der Waals surface area contributed by atoms with E-state index in [0.717, 1.165) is 5.69 Å². The Morgan fingerprint density at radius 1 is 1.24 bits per heavy atom. The molecule has 0 atom stereocenters. The summed E-state index contributed by atoms with van der Waals surface area (Å²) in [4.78, 5) is 38.3. The van der Waals surface area contributed by atoms with Crippen LogP contribution in [0.2, 0.25) is 0 Å². The first kappa shape index (κ1) is 15.0. The van der Waals surface area contributed by atoms with Crippen LogP contribution in [0.4, 0.5) is 0 Å². The van der Waals surface area contributed by atoms with Crippen LogP contribution in [0.15, 0.2) is 6.07 Å². The minimum Gasteiger partial charge on any atom is -0.459 e. The minimum absolute atomic E-state index is 0.168. The third-order valence-corrected chi connectivity index (χ3v) is 3.23. The molecule has 1 aromatic rings. The molecule has 2 rings (SSSR count). The number of nitrogens with one attached hydrogen (secondary N) is 1. The van der Waals surface area contributed by atoms with Gasteiger partial charge < -0.3 is 14.5 Å². The van der Waals surface area contributed by atoms with Gasteiger partial charge >= 0.3 is 11.9 Å². The second kappa shape index (κ2) is 6.38. The zero-order valence-electron chi connectivity index (χ0n) is 12.1. The van der Waals surface area contributed by atoms with Gasteiger partial charge in [-0.1, -0.05) is 0 Å². The molecular formula is C13H18N4O4. The largest absolute Gasteiger partial charge is 0.459 e. The van der Waals surface area contributed by atoms with Crippen LogP contribution in [0.25, 0.3) is 0 Å². The van der Waals surface area contributed by atoms with E-state index in [2.05, 4.69) is 14.9 Å². The van der Waals surface area contributed by atoms with Gasteiger partial charge in [-0.15, -0.1) is 0 Å². The summed E-state index contributed by atoms with van der Waals surface area (Å²) in [5.74, 6) is -1.68. The Morgan fingerprint density at radius 2 is 1.86 bits per heavy atom. The molecule has 8 heteroatoms. The standard InChI is InChI=1S/C13H18N4O4/c1-3-21-13(20)12(19)17-6-4-16(5-7-17)11(18)10-8-9(2)14-15-10/h8H,3-7H2,1-2H3,(H,14,15). The molecule has 0 saturated carbocycles. The third kappa shape index (κ3) is 3.39. The van der Waals surface area contributed by atoms with E-state index in [9.17, 15) is 14.4 Å². The Bertz CT molecular complexity index is 546. The van der Waals surface area contributed by atoms with Gasteiger partial charge in [-0.05, 0) is 19.9 Å². The van der Waals surface area contributed by atoms with Crippen LogP contribution in [0.3, 0.4) is 0 Å². The Morgan fingerprint density at radius 3 is 2.38 bits per heavy atom. The molecule has 2 amide bonds. The highest BCUT2D eigenvalue weighted by molar-refractivity contribution is 6.32.